The van der Waals surface area contributed by atoms with Crippen LogP contribution in [0.25, 0.3) is 21.9 Å². The average molecular weight is 379 g/mol. The van der Waals surface area contributed by atoms with Crippen molar-refractivity contribution in [3.63, 3.8) is 0 Å². The Labute approximate surface area is 169 Å². The van der Waals surface area contributed by atoms with Gasteiger partial charge in [0.05, 0.1) is 11.3 Å². The summed E-state index contributed by atoms with van der Waals surface area (Å²) in [6.07, 6.45) is 4.62. The number of aromatic carboxylic acids is 1. The highest BCUT2D eigenvalue weighted by Crippen LogP contribution is 2.40. The number of hydrogen-bond donors (Lipinski definition) is 1. The lowest BCUT2D eigenvalue weighted by atomic mass is 9.95. The van der Waals surface area contributed by atoms with E-state index in [1.807, 2.05) is 36.5 Å². The zero-order valence-electron chi connectivity index (χ0n) is 16.0. The zero-order valence-corrected chi connectivity index (χ0v) is 16.0. The van der Waals surface area contributed by atoms with Crippen LogP contribution in [0.4, 0.5) is 0 Å². The van der Waals surface area contributed by atoms with Gasteiger partial charge in [-0.1, -0.05) is 60.7 Å². The Kier molecular flexibility index (Phi) is 4.36. The van der Waals surface area contributed by atoms with Gasteiger partial charge in [-0.25, -0.2) is 4.79 Å². The fraction of sp³-hybridized carbons (Fsp3) is 0.154. The van der Waals surface area contributed by atoms with E-state index in [0.717, 1.165) is 40.3 Å². The van der Waals surface area contributed by atoms with Crippen molar-refractivity contribution >= 4 is 16.7 Å². The van der Waals surface area contributed by atoms with Crippen LogP contribution in [0.1, 0.15) is 45.9 Å². The summed E-state index contributed by atoms with van der Waals surface area (Å²) in [5.74, 6) is -0.416. The van der Waals surface area contributed by atoms with Gasteiger partial charge in [0, 0.05) is 12.6 Å². The highest BCUT2D eigenvalue weighted by molar-refractivity contribution is 5.92. The minimum atomic E-state index is -0.903. The maximum absolute atomic E-state index is 11.9. The Bertz CT molecular complexity index is 1210. The standard InChI is InChI=1S/C26H21NO2/c28-26(29)24-14-22(18-9-10-18)16-27-25(24)15-21-8-4-7-19-11-12-20(13-23(19)21)17-5-2-1-3-6-17/h1-8,11-14,16,18H,9-10,15H2,(H,28,29). The number of carboxylic acid groups (broad SMARTS) is 1. The van der Waals surface area contributed by atoms with E-state index in [1.54, 1.807) is 0 Å². The van der Waals surface area contributed by atoms with Gasteiger partial charge in [0.1, 0.15) is 0 Å². The molecule has 142 valence electrons. The second kappa shape index (κ2) is 7.17. The van der Waals surface area contributed by atoms with Crippen LogP contribution in [0.15, 0.2) is 79.0 Å². The van der Waals surface area contributed by atoms with E-state index in [1.165, 1.54) is 5.56 Å². The number of fused-ring (bicyclic) bond motifs is 1. The topological polar surface area (TPSA) is 50.2 Å². The number of rotatable bonds is 5. The number of nitrogens with zero attached hydrogens (tertiary/aromatic N) is 1. The van der Waals surface area contributed by atoms with E-state index in [0.29, 0.717) is 23.6 Å². The first-order chi connectivity index (χ1) is 14.2. The molecule has 3 heteroatoms. The van der Waals surface area contributed by atoms with Crippen LogP contribution in [-0.2, 0) is 6.42 Å². The van der Waals surface area contributed by atoms with Gasteiger partial charge in [-0.15, -0.1) is 0 Å². The van der Waals surface area contributed by atoms with Crippen LogP contribution in [0, 0.1) is 0 Å². The van der Waals surface area contributed by atoms with Crippen LogP contribution in [-0.4, -0.2) is 16.1 Å². The molecule has 1 aliphatic carbocycles. The molecule has 0 unspecified atom stereocenters. The SMILES string of the molecule is O=C(O)c1cc(C2CC2)cnc1Cc1cccc2ccc(-c3ccccc3)cc12. The quantitative estimate of drug-likeness (QED) is 0.458. The van der Waals surface area contributed by atoms with E-state index in [2.05, 4.69) is 47.4 Å². The van der Waals surface area contributed by atoms with Gasteiger partial charge >= 0.3 is 5.97 Å². The third-order valence-electron chi connectivity index (χ3n) is 5.71. The summed E-state index contributed by atoms with van der Waals surface area (Å²) in [6, 6.07) is 24.8. The summed E-state index contributed by atoms with van der Waals surface area (Å²) in [7, 11) is 0. The van der Waals surface area contributed by atoms with Gasteiger partial charge in [-0.3, -0.25) is 4.98 Å². The van der Waals surface area contributed by atoms with Crippen molar-refractivity contribution in [2.45, 2.75) is 25.2 Å². The summed E-state index contributed by atoms with van der Waals surface area (Å²) >= 11 is 0. The van der Waals surface area contributed by atoms with Gasteiger partial charge in [0.2, 0.25) is 0 Å². The van der Waals surface area contributed by atoms with Crippen LogP contribution >= 0.6 is 0 Å². The number of carboxylic acids is 1. The van der Waals surface area contributed by atoms with Crippen molar-refractivity contribution in [3.8, 4) is 11.1 Å². The van der Waals surface area contributed by atoms with E-state index in [4.69, 9.17) is 0 Å². The van der Waals surface area contributed by atoms with Crippen LogP contribution in [0.3, 0.4) is 0 Å². The lowest BCUT2D eigenvalue weighted by molar-refractivity contribution is 0.0695. The van der Waals surface area contributed by atoms with Gasteiger partial charge in [-0.05, 0) is 63.9 Å². The molecule has 0 spiro atoms. The molecular formula is C26H21NO2. The van der Waals surface area contributed by atoms with E-state index in [-0.39, 0.29) is 0 Å². The predicted octanol–water partition coefficient (Wildman–Crippen LogP) is 6.07. The highest BCUT2D eigenvalue weighted by atomic mass is 16.4. The normalized spacial score (nSPS) is 13.5. The van der Waals surface area contributed by atoms with Gasteiger partial charge in [-0.2, -0.15) is 0 Å². The summed E-state index contributed by atoms with van der Waals surface area (Å²) in [6.45, 7) is 0. The van der Waals surface area contributed by atoms with Gasteiger partial charge in [0.15, 0.2) is 0 Å². The highest BCUT2D eigenvalue weighted by Gasteiger charge is 2.26. The predicted molar refractivity (Wildman–Crippen MR) is 115 cm³/mol. The molecule has 3 nitrogen and oxygen atoms in total. The van der Waals surface area contributed by atoms with Crippen LogP contribution in [0.5, 0.6) is 0 Å². The van der Waals surface area contributed by atoms with Gasteiger partial charge in [0.25, 0.3) is 0 Å². The first-order valence-corrected chi connectivity index (χ1v) is 9.98. The first kappa shape index (κ1) is 17.6. The molecule has 0 bridgehead atoms. The van der Waals surface area contributed by atoms with Gasteiger partial charge < -0.3 is 5.11 Å². The van der Waals surface area contributed by atoms with E-state index >= 15 is 0 Å². The summed E-state index contributed by atoms with van der Waals surface area (Å²) in [4.78, 5) is 16.4. The van der Waals surface area contributed by atoms with Crippen molar-refractivity contribution in [2.75, 3.05) is 0 Å². The molecular weight excluding hydrogens is 358 g/mol. The molecule has 0 amide bonds. The van der Waals surface area contributed by atoms with Crippen molar-refractivity contribution < 1.29 is 9.90 Å². The smallest absolute Gasteiger partial charge is 0.337 e. The first-order valence-electron chi connectivity index (χ1n) is 9.98. The van der Waals surface area contributed by atoms with E-state index in [9.17, 15) is 9.90 Å². The molecule has 1 fully saturated rings. The summed E-state index contributed by atoms with van der Waals surface area (Å²) in [5, 5.41) is 12.0. The minimum Gasteiger partial charge on any atom is -0.478 e. The number of carbonyl (C=O) groups is 1. The molecule has 1 aromatic heterocycles. The van der Waals surface area contributed by atoms with Crippen LogP contribution < -0.4 is 0 Å². The van der Waals surface area contributed by atoms with Crippen molar-refractivity contribution in [3.05, 3.63) is 101 Å². The largest absolute Gasteiger partial charge is 0.478 e. The van der Waals surface area contributed by atoms with Crippen molar-refractivity contribution in [1.82, 2.24) is 4.98 Å². The van der Waals surface area contributed by atoms with Crippen LogP contribution in [0.2, 0.25) is 0 Å². The third kappa shape index (κ3) is 3.52. The Balaban J connectivity index is 1.58. The average Bonchev–Trinajstić information content (AvgIpc) is 3.60. The molecule has 0 atom stereocenters. The number of aromatic nitrogens is 1. The maximum atomic E-state index is 11.9. The second-order valence-electron chi connectivity index (χ2n) is 7.74. The fourth-order valence-electron chi connectivity index (χ4n) is 3.96. The molecule has 1 heterocycles. The second-order valence-corrected chi connectivity index (χ2v) is 7.74. The number of benzene rings is 3. The number of hydrogen-bond acceptors (Lipinski definition) is 2. The zero-order chi connectivity index (χ0) is 19.8. The summed E-state index contributed by atoms with van der Waals surface area (Å²) in [5.41, 5.74) is 5.42. The summed E-state index contributed by atoms with van der Waals surface area (Å²) < 4.78 is 0. The van der Waals surface area contributed by atoms with E-state index < -0.39 is 5.97 Å². The lowest BCUT2D eigenvalue weighted by Gasteiger charge is -2.11. The molecule has 1 N–H and O–H groups in total. The number of pyridine rings is 1. The molecule has 5 rings (SSSR count). The molecule has 1 aliphatic rings. The Morgan fingerprint density at radius 3 is 2.52 bits per heavy atom. The molecule has 4 aromatic rings. The Morgan fingerprint density at radius 1 is 0.931 bits per heavy atom. The molecule has 3 aromatic carbocycles. The third-order valence-corrected chi connectivity index (χ3v) is 5.71. The molecule has 0 aliphatic heterocycles. The van der Waals surface area contributed by atoms with Crippen molar-refractivity contribution in [2.24, 2.45) is 0 Å². The Hall–Kier alpha value is -3.46. The fourth-order valence-corrected chi connectivity index (χ4v) is 3.96. The molecule has 0 radical (unpaired) electrons. The monoisotopic (exact) mass is 379 g/mol. The molecule has 0 saturated heterocycles. The molecule has 1 saturated carbocycles. The van der Waals surface area contributed by atoms with Crippen molar-refractivity contribution in [1.29, 1.82) is 0 Å². The molecule has 29 heavy (non-hydrogen) atoms. The lowest BCUT2D eigenvalue weighted by Crippen LogP contribution is -2.07. The maximum Gasteiger partial charge on any atom is 0.337 e. The minimum absolute atomic E-state index is 0.325. The Morgan fingerprint density at radius 2 is 1.76 bits per heavy atom.